The van der Waals surface area contributed by atoms with Crippen molar-refractivity contribution in [1.29, 1.82) is 0 Å². The fourth-order valence-corrected chi connectivity index (χ4v) is 3.17. The highest BCUT2D eigenvalue weighted by Gasteiger charge is 2.28. The Hall–Kier alpha value is -0.0800. The van der Waals surface area contributed by atoms with Crippen LogP contribution in [0.4, 0.5) is 0 Å². The highest BCUT2D eigenvalue weighted by atomic mass is 15.2. The second-order valence-electron chi connectivity index (χ2n) is 7.29. The molecular formula is C16H34N2. The first kappa shape index (κ1) is 16.0. The van der Waals surface area contributed by atoms with Crippen LogP contribution >= 0.6 is 0 Å². The summed E-state index contributed by atoms with van der Waals surface area (Å²) in [6, 6.07) is 0.861. The first-order chi connectivity index (χ1) is 8.44. The summed E-state index contributed by atoms with van der Waals surface area (Å²) in [5.41, 5.74) is 0.383. The largest absolute Gasteiger partial charge is 0.319 e. The van der Waals surface area contributed by atoms with Gasteiger partial charge < -0.3 is 5.32 Å². The van der Waals surface area contributed by atoms with Gasteiger partial charge in [0.05, 0.1) is 0 Å². The zero-order valence-electron chi connectivity index (χ0n) is 13.3. The molecule has 0 heterocycles. The van der Waals surface area contributed by atoms with Crippen LogP contribution in [0.5, 0.6) is 0 Å². The minimum atomic E-state index is 0.383. The summed E-state index contributed by atoms with van der Waals surface area (Å²) in [4.78, 5) is 2.78. The van der Waals surface area contributed by atoms with Crippen molar-refractivity contribution in [3.63, 3.8) is 0 Å². The van der Waals surface area contributed by atoms with Crippen molar-refractivity contribution in [3.8, 4) is 0 Å². The number of rotatable bonds is 8. The molecule has 0 spiro atoms. The van der Waals surface area contributed by atoms with Gasteiger partial charge in [0.25, 0.3) is 0 Å². The molecule has 0 atom stereocenters. The smallest absolute Gasteiger partial charge is 0.00954 e. The molecule has 0 aromatic carbocycles. The first-order valence-corrected chi connectivity index (χ1v) is 7.83. The van der Waals surface area contributed by atoms with Crippen molar-refractivity contribution in [2.45, 2.75) is 65.8 Å². The normalized spacial score (nSPS) is 18.2. The van der Waals surface area contributed by atoms with E-state index in [9.17, 15) is 0 Å². The van der Waals surface area contributed by atoms with Gasteiger partial charge in [-0.25, -0.2) is 0 Å². The summed E-state index contributed by atoms with van der Waals surface area (Å²) in [6.07, 6.45) is 7.07. The Kier molecular flexibility index (Phi) is 6.65. The lowest BCUT2D eigenvalue weighted by Gasteiger charge is -2.37. The Balaban J connectivity index is 2.52. The third-order valence-electron chi connectivity index (χ3n) is 4.12. The second kappa shape index (κ2) is 7.49. The molecule has 1 aliphatic carbocycles. The molecule has 0 aliphatic heterocycles. The Morgan fingerprint density at radius 3 is 2.33 bits per heavy atom. The van der Waals surface area contributed by atoms with Gasteiger partial charge in [0.1, 0.15) is 0 Å². The van der Waals surface area contributed by atoms with Crippen molar-refractivity contribution in [3.05, 3.63) is 0 Å². The summed E-state index contributed by atoms with van der Waals surface area (Å²) in [5.74, 6) is 0.821. The third-order valence-corrected chi connectivity index (χ3v) is 4.12. The molecule has 18 heavy (non-hydrogen) atoms. The second-order valence-corrected chi connectivity index (χ2v) is 7.29. The van der Waals surface area contributed by atoms with Crippen LogP contribution in [0, 0.1) is 11.3 Å². The molecule has 0 saturated heterocycles. The molecule has 1 N–H and O–H groups in total. The maximum atomic E-state index is 3.34. The Morgan fingerprint density at radius 2 is 1.83 bits per heavy atom. The highest BCUT2D eigenvalue weighted by Crippen LogP contribution is 2.27. The van der Waals surface area contributed by atoms with Crippen molar-refractivity contribution >= 4 is 0 Å². The Bertz CT molecular complexity index is 217. The maximum Gasteiger partial charge on any atom is 0.00954 e. The number of hydrogen-bond donors (Lipinski definition) is 1. The van der Waals surface area contributed by atoms with Crippen LogP contribution in [0.15, 0.2) is 0 Å². The molecule has 1 saturated carbocycles. The van der Waals surface area contributed by atoms with E-state index in [1.165, 1.54) is 45.2 Å². The lowest BCUT2D eigenvalue weighted by Crippen LogP contribution is -2.44. The van der Waals surface area contributed by atoms with Crippen molar-refractivity contribution in [1.82, 2.24) is 10.2 Å². The zero-order valence-corrected chi connectivity index (χ0v) is 13.3. The summed E-state index contributed by atoms with van der Waals surface area (Å²) < 4.78 is 0. The van der Waals surface area contributed by atoms with E-state index in [4.69, 9.17) is 0 Å². The van der Waals surface area contributed by atoms with Gasteiger partial charge in [0, 0.05) is 19.1 Å². The maximum absolute atomic E-state index is 3.34. The van der Waals surface area contributed by atoms with Crippen LogP contribution in [-0.4, -0.2) is 37.6 Å². The van der Waals surface area contributed by atoms with Crippen molar-refractivity contribution in [2.24, 2.45) is 11.3 Å². The molecule has 1 fully saturated rings. The summed E-state index contributed by atoms with van der Waals surface area (Å²) >= 11 is 0. The molecule has 2 heteroatoms. The van der Waals surface area contributed by atoms with E-state index in [0.29, 0.717) is 5.41 Å². The number of nitrogens with one attached hydrogen (secondary N) is 1. The van der Waals surface area contributed by atoms with Gasteiger partial charge in [-0.1, -0.05) is 40.5 Å². The average Bonchev–Trinajstić information content (AvgIpc) is 2.77. The SMILES string of the molecule is CNCC(C)(C)CN(CCC(C)C)C1CCCC1. The fraction of sp³-hybridized carbons (Fsp3) is 1.00. The van der Waals surface area contributed by atoms with Gasteiger partial charge in [-0.15, -0.1) is 0 Å². The number of hydrogen-bond acceptors (Lipinski definition) is 2. The Morgan fingerprint density at radius 1 is 1.22 bits per heavy atom. The molecule has 0 aromatic rings. The van der Waals surface area contributed by atoms with Crippen molar-refractivity contribution in [2.75, 3.05) is 26.7 Å². The zero-order chi connectivity index (χ0) is 13.6. The van der Waals surface area contributed by atoms with Crippen LogP contribution in [-0.2, 0) is 0 Å². The van der Waals surface area contributed by atoms with E-state index < -0.39 is 0 Å². The quantitative estimate of drug-likeness (QED) is 0.713. The van der Waals surface area contributed by atoms with Gasteiger partial charge in [-0.05, 0) is 44.2 Å². The molecule has 0 radical (unpaired) electrons. The lowest BCUT2D eigenvalue weighted by molar-refractivity contribution is 0.123. The lowest BCUT2D eigenvalue weighted by atomic mass is 9.91. The minimum Gasteiger partial charge on any atom is -0.319 e. The fourth-order valence-electron chi connectivity index (χ4n) is 3.17. The Labute approximate surface area is 115 Å². The molecule has 1 aliphatic rings. The summed E-state index contributed by atoms with van der Waals surface area (Å²) in [6.45, 7) is 13.1. The first-order valence-electron chi connectivity index (χ1n) is 7.83. The van der Waals surface area contributed by atoms with Gasteiger partial charge >= 0.3 is 0 Å². The molecule has 0 amide bonds. The van der Waals surface area contributed by atoms with Gasteiger partial charge in [-0.2, -0.15) is 0 Å². The van der Waals surface area contributed by atoms with Crippen LogP contribution in [0.25, 0.3) is 0 Å². The van der Waals surface area contributed by atoms with Gasteiger partial charge in [0.15, 0.2) is 0 Å². The molecule has 0 unspecified atom stereocenters. The predicted molar refractivity (Wildman–Crippen MR) is 81.0 cm³/mol. The van der Waals surface area contributed by atoms with E-state index in [2.05, 4.69) is 45.0 Å². The average molecular weight is 254 g/mol. The third kappa shape index (κ3) is 5.71. The molecule has 0 aromatic heterocycles. The van der Waals surface area contributed by atoms with Gasteiger partial charge in [-0.3, -0.25) is 4.90 Å². The molecule has 2 nitrogen and oxygen atoms in total. The van der Waals surface area contributed by atoms with E-state index in [1.807, 2.05) is 0 Å². The molecule has 1 rings (SSSR count). The molecule has 0 bridgehead atoms. The van der Waals surface area contributed by atoms with E-state index in [1.54, 1.807) is 0 Å². The number of nitrogens with zero attached hydrogens (tertiary/aromatic N) is 1. The van der Waals surface area contributed by atoms with Crippen molar-refractivity contribution < 1.29 is 0 Å². The standard InChI is InChI=1S/C16H34N2/c1-14(2)10-11-18(15-8-6-7-9-15)13-16(3,4)12-17-5/h14-15,17H,6-13H2,1-5H3. The summed E-state index contributed by atoms with van der Waals surface area (Å²) in [5, 5.41) is 3.34. The minimum absolute atomic E-state index is 0.383. The monoisotopic (exact) mass is 254 g/mol. The highest BCUT2D eigenvalue weighted by molar-refractivity contribution is 4.83. The topological polar surface area (TPSA) is 15.3 Å². The summed E-state index contributed by atoms with van der Waals surface area (Å²) in [7, 11) is 2.07. The predicted octanol–water partition coefficient (Wildman–Crippen LogP) is 3.52. The van der Waals surface area contributed by atoms with E-state index in [0.717, 1.165) is 18.5 Å². The van der Waals surface area contributed by atoms with E-state index >= 15 is 0 Å². The van der Waals surface area contributed by atoms with Crippen LogP contribution in [0.2, 0.25) is 0 Å². The van der Waals surface area contributed by atoms with E-state index in [-0.39, 0.29) is 0 Å². The van der Waals surface area contributed by atoms with Crippen LogP contribution in [0.3, 0.4) is 0 Å². The van der Waals surface area contributed by atoms with Crippen LogP contribution < -0.4 is 5.32 Å². The molecule has 108 valence electrons. The van der Waals surface area contributed by atoms with Crippen LogP contribution in [0.1, 0.15) is 59.8 Å². The molecular weight excluding hydrogens is 220 g/mol. The van der Waals surface area contributed by atoms with Gasteiger partial charge in [0.2, 0.25) is 0 Å².